The maximum absolute atomic E-state index is 11.2. The quantitative estimate of drug-likeness (QED) is 0.574. The predicted octanol–water partition coefficient (Wildman–Crippen LogP) is 0.835. The molecule has 1 unspecified atom stereocenters. The molecular weight excluding hydrogens is 222 g/mol. The molecule has 1 aromatic carbocycles. The fourth-order valence-corrected chi connectivity index (χ4v) is 1.67. The molecule has 1 aromatic rings. The first-order valence-electron chi connectivity index (χ1n) is 5.20. The van der Waals surface area contributed by atoms with Gasteiger partial charge >= 0.3 is 11.9 Å². The highest BCUT2D eigenvalue weighted by molar-refractivity contribution is 5.90. The van der Waals surface area contributed by atoms with E-state index in [4.69, 9.17) is 0 Å². The molecule has 0 spiro atoms. The maximum atomic E-state index is 11.2. The van der Waals surface area contributed by atoms with Gasteiger partial charge < -0.3 is 14.4 Å². The van der Waals surface area contributed by atoms with Crippen molar-refractivity contribution in [2.75, 3.05) is 25.7 Å². The molecular formula is C12H13NO4. The van der Waals surface area contributed by atoms with Crippen LogP contribution in [0.5, 0.6) is 0 Å². The highest BCUT2D eigenvalue weighted by atomic mass is 16.5. The monoisotopic (exact) mass is 235 g/mol. The van der Waals surface area contributed by atoms with E-state index < -0.39 is 0 Å². The van der Waals surface area contributed by atoms with Crippen LogP contribution in [-0.2, 0) is 14.3 Å². The Morgan fingerprint density at radius 3 is 2.35 bits per heavy atom. The summed E-state index contributed by atoms with van der Waals surface area (Å²) in [6, 6.07) is 6.73. The fraction of sp³-hybridized carbons (Fsp3) is 0.333. The molecule has 1 heterocycles. The van der Waals surface area contributed by atoms with Crippen LogP contribution in [0.2, 0.25) is 0 Å². The maximum Gasteiger partial charge on any atom is 0.337 e. The van der Waals surface area contributed by atoms with E-state index in [1.54, 1.807) is 24.3 Å². The third-order valence-corrected chi connectivity index (χ3v) is 2.71. The van der Waals surface area contributed by atoms with Crippen LogP contribution in [-0.4, -0.2) is 38.7 Å². The molecule has 17 heavy (non-hydrogen) atoms. The Bertz CT molecular complexity index is 440. The van der Waals surface area contributed by atoms with Crippen LogP contribution >= 0.6 is 0 Å². The molecule has 0 saturated carbocycles. The van der Waals surface area contributed by atoms with Crippen LogP contribution < -0.4 is 4.90 Å². The summed E-state index contributed by atoms with van der Waals surface area (Å²) in [6.07, 6.45) is 0. The first-order chi connectivity index (χ1) is 8.17. The number of esters is 2. The zero-order valence-electron chi connectivity index (χ0n) is 9.67. The predicted molar refractivity (Wildman–Crippen MR) is 60.9 cm³/mol. The number of ether oxygens (including phenoxy) is 2. The average molecular weight is 235 g/mol. The first-order valence-corrected chi connectivity index (χ1v) is 5.20. The van der Waals surface area contributed by atoms with Gasteiger partial charge in [-0.3, -0.25) is 0 Å². The standard InChI is InChI=1S/C12H13NO4/c1-16-11(14)8-3-5-9(6-4-8)13-7-10(13)12(15)17-2/h3-6,10H,7H2,1-2H3. The number of methoxy groups -OCH3 is 2. The zero-order valence-corrected chi connectivity index (χ0v) is 9.67. The fourth-order valence-electron chi connectivity index (χ4n) is 1.67. The molecule has 2 rings (SSSR count). The molecule has 0 bridgehead atoms. The minimum Gasteiger partial charge on any atom is -0.467 e. The second-order valence-corrected chi connectivity index (χ2v) is 3.73. The molecule has 1 aliphatic heterocycles. The molecule has 1 aliphatic rings. The van der Waals surface area contributed by atoms with E-state index in [1.165, 1.54) is 14.2 Å². The Hall–Kier alpha value is -2.04. The Labute approximate surface area is 98.9 Å². The largest absolute Gasteiger partial charge is 0.467 e. The number of hydrogen-bond acceptors (Lipinski definition) is 5. The van der Waals surface area contributed by atoms with Crippen molar-refractivity contribution in [3.63, 3.8) is 0 Å². The van der Waals surface area contributed by atoms with Crippen LogP contribution in [0.3, 0.4) is 0 Å². The summed E-state index contributed by atoms with van der Waals surface area (Å²) in [4.78, 5) is 24.4. The zero-order chi connectivity index (χ0) is 12.4. The van der Waals surface area contributed by atoms with Crippen LogP contribution in [0, 0.1) is 0 Å². The van der Waals surface area contributed by atoms with Crippen molar-refractivity contribution < 1.29 is 19.1 Å². The minimum absolute atomic E-state index is 0.191. The summed E-state index contributed by atoms with van der Waals surface area (Å²) in [5.74, 6) is -0.603. The van der Waals surface area contributed by atoms with Crippen LogP contribution in [0.4, 0.5) is 5.69 Å². The molecule has 0 aliphatic carbocycles. The van der Waals surface area contributed by atoms with Gasteiger partial charge in [0, 0.05) is 5.69 Å². The lowest BCUT2D eigenvalue weighted by Gasteiger charge is -2.05. The smallest absolute Gasteiger partial charge is 0.337 e. The van der Waals surface area contributed by atoms with Crippen LogP contribution in [0.25, 0.3) is 0 Å². The number of carbonyl (C=O) groups is 2. The molecule has 0 N–H and O–H groups in total. The SMILES string of the molecule is COC(=O)c1ccc(N2CC2C(=O)OC)cc1. The van der Waals surface area contributed by atoms with E-state index in [0.29, 0.717) is 12.1 Å². The third kappa shape index (κ3) is 2.22. The van der Waals surface area contributed by atoms with Crippen molar-refractivity contribution in [2.45, 2.75) is 6.04 Å². The Morgan fingerprint density at radius 1 is 1.18 bits per heavy atom. The summed E-state index contributed by atoms with van der Waals surface area (Å²) in [6.45, 7) is 0.657. The van der Waals surface area contributed by atoms with Gasteiger partial charge in [0.05, 0.1) is 26.3 Å². The lowest BCUT2D eigenvalue weighted by Crippen LogP contribution is -2.13. The normalized spacial score (nSPS) is 17.5. The van der Waals surface area contributed by atoms with E-state index >= 15 is 0 Å². The van der Waals surface area contributed by atoms with E-state index in [2.05, 4.69) is 9.47 Å². The second-order valence-electron chi connectivity index (χ2n) is 3.73. The highest BCUT2D eigenvalue weighted by Crippen LogP contribution is 2.28. The third-order valence-electron chi connectivity index (χ3n) is 2.71. The van der Waals surface area contributed by atoms with Crippen LogP contribution in [0.1, 0.15) is 10.4 Å². The molecule has 1 atom stereocenters. The number of rotatable bonds is 3. The average Bonchev–Trinajstić information content (AvgIpc) is 3.17. The second kappa shape index (κ2) is 4.45. The van der Waals surface area contributed by atoms with Crippen molar-refractivity contribution in [3.05, 3.63) is 29.8 Å². The highest BCUT2D eigenvalue weighted by Gasteiger charge is 2.41. The van der Waals surface area contributed by atoms with Gasteiger partial charge in [0.25, 0.3) is 0 Å². The van der Waals surface area contributed by atoms with Gasteiger partial charge in [-0.2, -0.15) is 0 Å². The number of nitrogens with zero attached hydrogens (tertiary/aromatic N) is 1. The summed E-state index contributed by atoms with van der Waals surface area (Å²) in [5, 5.41) is 0. The molecule has 0 aromatic heterocycles. The number of hydrogen-bond donors (Lipinski definition) is 0. The molecule has 1 fully saturated rings. The van der Waals surface area contributed by atoms with Crippen LogP contribution in [0.15, 0.2) is 24.3 Å². The molecule has 1 saturated heterocycles. The van der Waals surface area contributed by atoms with Gasteiger partial charge in [-0.15, -0.1) is 0 Å². The minimum atomic E-state index is -0.369. The Morgan fingerprint density at radius 2 is 1.82 bits per heavy atom. The Kier molecular flexibility index (Phi) is 2.99. The van der Waals surface area contributed by atoms with Crippen molar-refractivity contribution in [1.82, 2.24) is 0 Å². The molecule has 5 nitrogen and oxygen atoms in total. The number of carbonyl (C=O) groups excluding carboxylic acids is 2. The molecule has 5 heteroatoms. The van der Waals surface area contributed by atoms with Gasteiger partial charge in [-0.05, 0) is 24.3 Å². The lowest BCUT2D eigenvalue weighted by atomic mass is 10.2. The van der Waals surface area contributed by atoms with Crippen molar-refractivity contribution in [1.29, 1.82) is 0 Å². The Balaban J connectivity index is 2.05. The van der Waals surface area contributed by atoms with Crippen molar-refractivity contribution in [2.24, 2.45) is 0 Å². The topological polar surface area (TPSA) is 55.6 Å². The molecule has 90 valence electrons. The van der Waals surface area contributed by atoms with Gasteiger partial charge in [0.2, 0.25) is 0 Å². The summed E-state index contributed by atoms with van der Waals surface area (Å²) in [7, 11) is 2.72. The molecule has 0 radical (unpaired) electrons. The van der Waals surface area contributed by atoms with Gasteiger partial charge in [-0.1, -0.05) is 0 Å². The number of benzene rings is 1. The van der Waals surface area contributed by atoms with E-state index in [-0.39, 0.29) is 18.0 Å². The van der Waals surface area contributed by atoms with Gasteiger partial charge in [-0.25, -0.2) is 9.59 Å². The van der Waals surface area contributed by atoms with E-state index in [1.807, 2.05) is 4.90 Å². The van der Waals surface area contributed by atoms with Crippen molar-refractivity contribution in [3.8, 4) is 0 Å². The van der Waals surface area contributed by atoms with E-state index in [0.717, 1.165) is 5.69 Å². The summed E-state index contributed by atoms with van der Waals surface area (Å²) in [5.41, 5.74) is 1.39. The lowest BCUT2D eigenvalue weighted by molar-refractivity contribution is -0.139. The summed E-state index contributed by atoms with van der Waals surface area (Å²) >= 11 is 0. The summed E-state index contributed by atoms with van der Waals surface area (Å²) < 4.78 is 9.25. The van der Waals surface area contributed by atoms with Gasteiger partial charge in [0.1, 0.15) is 6.04 Å². The first kappa shape index (κ1) is 11.4. The molecule has 0 amide bonds. The van der Waals surface area contributed by atoms with Crippen molar-refractivity contribution >= 4 is 17.6 Å². The van der Waals surface area contributed by atoms with E-state index in [9.17, 15) is 9.59 Å². The van der Waals surface area contributed by atoms with Gasteiger partial charge in [0.15, 0.2) is 0 Å². The number of anilines is 1.